The summed E-state index contributed by atoms with van der Waals surface area (Å²) in [6.07, 6.45) is 1.61. The van der Waals surface area contributed by atoms with Crippen molar-refractivity contribution in [2.75, 3.05) is 0 Å². The molecule has 4 heteroatoms. The molecule has 0 spiro atoms. The van der Waals surface area contributed by atoms with Gasteiger partial charge in [0.05, 0.1) is 0 Å². The molecule has 56 valence electrons. The first kappa shape index (κ1) is 8.91. The van der Waals surface area contributed by atoms with Crippen LogP contribution >= 0.6 is 0 Å². The Morgan fingerprint density at radius 1 is 1.56 bits per heavy atom. The second kappa shape index (κ2) is 3.17. The lowest BCUT2D eigenvalue weighted by Crippen LogP contribution is -2.60. The van der Waals surface area contributed by atoms with Crippen molar-refractivity contribution in [3.05, 3.63) is 0 Å². The normalized spacial score (nSPS) is 15.4. The van der Waals surface area contributed by atoms with Crippen LogP contribution < -0.4 is 5.14 Å². The Hall–Kier alpha value is -0.0900. The zero-order valence-corrected chi connectivity index (χ0v) is 6.74. The van der Waals surface area contributed by atoms with Crippen LogP contribution in [0.15, 0.2) is 0 Å². The summed E-state index contributed by atoms with van der Waals surface area (Å²) >= 11 is 0. The molecule has 9 heavy (non-hydrogen) atoms. The highest BCUT2D eigenvalue weighted by Crippen LogP contribution is 2.00. The van der Waals surface area contributed by atoms with Crippen LogP contribution in [0.2, 0.25) is 0 Å². The van der Waals surface area contributed by atoms with Gasteiger partial charge in [0.25, 0.3) is 10.0 Å². The van der Waals surface area contributed by atoms with Crippen molar-refractivity contribution < 1.29 is 13.6 Å². The van der Waals surface area contributed by atoms with Crippen molar-refractivity contribution in [3.63, 3.8) is 0 Å². The fourth-order valence-electron chi connectivity index (χ4n) is 0.586. The molecule has 0 aromatic carbocycles. The molecular formula is C5H14NO2S+. The molecule has 0 radical (unpaired) electrons. The van der Waals surface area contributed by atoms with E-state index in [-0.39, 0.29) is 5.25 Å². The van der Waals surface area contributed by atoms with E-state index in [1.807, 2.05) is 6.92 Å². The van der Waals surface area contributed by atoms with Gasteiger partial charge >= 0.3 is 0 Å². The smallest absolute Gasteiger partial charge is 0.252 e. The molecular weight excluding hydrogens is 138 g/mol. The molecule has 0 aliphatic rings. The number of sulfonamides is 1. The summed E-state index contributed by atoms with van der Waals surface area (Å²) in [4.78, 5) is 0. The van der Waals surface area contributed by atoms with Crippen LogP contribution in [0.4, 0.5) is 0 Å². The summed E-state index contributed by atoms with van der Waals surface area (Å²) in [5, 5.41) is 2.79. The van der Waals surface area contributed by atoms with Crippen molar-refractivity contribution >= 4 is 10.0 Å². The molecule has 0 saturated carbocycles. The van der Waals surface area contributed by atoms with Gasteiger partial charge in [0.15, 0.2) is 0 Å². The molecule has 0 saturated heterocycles. The first-order chi connectivity index (χ1) is 3.98. The van der Waals surface area contributed by atoms with E-state index in [4.69, 9.17) is 0 Å². The molecule has 3 N–H and O–H groups in total. The molecule has 0 rings (SSSR count). The van der Waals surface area contributed by atoms with E-state index in [2.05, 4.69) is 5.14 Å². The Morgan fingerprint density at radius 3 is 2.11 bits per heavy atom. The molecule has 3 nitrogen and oxygen atoms in total. The summed E-state index contributed by atoms with van der Waals surface area (Å²) in [5.74, 6) is 0. The fraction of sp³-hybridized carbons (Fsp3) is 1.00. The van der Waals surface area contributed by atoms with Crippen molar-refractivity contribution in [2.45, 2.75) is 31.9 Å². The summed E-state index contributed by atoms with van der Waals surface area (Å²) in [6, 6.07) is 0. The van der Waals surface area contributed by atoms with Gasteiger partial charge in [0.1, 0.15) is 5.25 Å². The van der Waals surface area contributed by atoms with Crippen LogP contribution in [0, 0.1) is 0 Å². The first-order valence-corrected chi connectivity index (χ1v) is 4.77. The van der Waals surface area contributed by atoms with Gasteiger partial charge in [-0.3, -0.25) is 5.14 Å². The Bertz CT molecular complexity index is 162. The minimum atomic E-state index is -3.01. The molecule has 0 aromatic rings. The third kappa shape index (κ3) is 3.48. The minimum absolute atomic E-state index is 0.275. The van der Waals surface area contributed by atoms with E-state index in [1.54, 1.807) is 6.92 Å². The Labute approximate surface area is 56.3 Å². The summed E-state index contributed by atoms with van der Waals surface area (Å²) < 4.78 is 21.2. The van der Waals surface area contributed by atoms with Crippen LogP contribution in [-0.2, 0) is 10.0 Å². The van der Waals surface area contributed by atoms with Gasteiger partial charge in [-0.25, -0.2) is 0 Å². The molecule has 0 aromatic heterocycles. The van der Waals surface area contributed by atoms with E-state index in [1.165, 1.54) is 0 Å². The highest BCUT2D eigenvalue weighted by atomic mass is 32.2. The van der Waals surface area contributed by atoms with Crippen LogP contribution in [0.25, 0.3) is 0 Å². The van der Waals surface area contributed by atoms with Gasteiger partial charge in [0.2, 0.25) is 0 Å². The Balaban J connectivity index is 3.90. The van der Waals surface area contributed by atoms with Crippen LogP contribution in [0.5, 0.6) is 0 Å². The predicted molar refractivity (Wildman–Crippen MR) is 36.2 cm³/mol. The lowest BCUT2D eigenvalue weighted by atomic mass is 10.3. The third-order valence-corrected chi connectivity index (χ3v) is 2.77. The van der Waals surface area contributed by atoms with Gasteiger partial charge < -0.3 is 0 Å². The maximum absolute atomic E-state index is 10.6. The Morgan fingerprint density at radius 2 is 2.00 bits per heavy atom. The molecule has 1 unspecified atom stereocenters. The van der Waals surface area contributed by atoms with E-state index in [0.29, 0.717) is 6.42 Å². The standard InChI is InChI=1S/C5H13NO2S/c1-3-4-5(2)9(6,7)8/h5H,3-4H2,1-2H3,(H2,6,7,8)/p+1. The number of rotatable bonds is 3. The lowest BCUT2D eigenvalue weighted by molar-refractivity contribution is -0.166. The van der Waals surface area contributed by atoms with Crippen LogP contribution in [0.1, 0.15) is 26.7 Å². The van der Waals surface area contributed by atoms with Gasteiger partial charge in [-0.1, -0.05) is 13.3 Å². The predicted octanol–water partition coefficient (Wildman–Crippen LogP) is -0.253. The SMILES string of the molecule is CCCC(C)S([NH3+])(=O)=O. The van der Waals surface area contributed by atoms with Crippen molar-refractivity contribution in [2.24, 2.45) is 0 Å². The number of quaternary nitrogens is 1. The molecule has 0 heterocycles. The van der Waals surface area contributed by atoms with Crippen molar-refractivity contribution in [1.29, 1.82) is 0 Å². The van der Waals surface area contributed by atoms with Crippen LogP contribution in [-0.4, -0.2) is 13.7 Å². The minimum Gasteiger partial charge on any atom is -0.252 e. The van der Waals surface area contributed by atoms with E-state index < -0.39 is 10.0 Å². The maximum atomic E-state index is 10.6. The van der Waals surface area contributed by atoms with E-state index in [0.717, 1.165) is 6.42 Å². The fourth-order valence-corrected chi connectivity index (χ4v) is 1.18. The zero-order valence-electron chi connectivity index (χ0n) is 5.92. The average molecular weight is 152 g/mol. The third-order valence-electron chi connectivity index (χ3n) is 1.31. The largest absolute Gasteiger partial charge is 0.294 e. The van der Waals surface area contributed by atoms with Gasteiger partial charge in [-0.2, -0.15) is 8.42 Å². The first-order valence-electron chi connectivity index (χ1n) is 3.05. The zero-order chi connectivity index (χ0) is 7.49. The summed E-state index contributed by atoms with van der Waals surface area (Å²) in [5.41, 5.74) is 0. The monoisotopic (exact) mass is 152 g/mol. The van der Waals surface area contributed by atoms with E-state index >= 15 is 0 Å². The molecule has 0 bridgehead atoms. The molecule has 0 aliphatic carbocycles. The van der Waals surface area contributed by atoms with Gasteiger partial charge in [-0.05, 0) is 13.3 Å². The molecule has 0 aliphatic heterocycles. The molecule has 1 atom stereocenters. The van der Waals surface area contributed by atoms with Crippen LogP contribution in [0.3, 0.4) is 0 Å². The molecule has 0 amide bonds. The Kier molecular flexibility index (Phi) is 3.14. The van der Waals surface area contributed by atoms with E-state index in [9.17, 15) is 8.42 Å². The lowest BCUT2D eigenvalue weighted by Gasteiger charge is -2.01. The van der Waals surface area contributed by atoms with Gasteiger partial charge in [0, 0.05) is 0 Å². The highest BCUT2D eigenvalue weighted by Gasteiger charge is 2.16. The second-order valence-electron chi connectivity index (χ2n) is 2.26. The molecule has 0 fully saturated rings. The highest BCUT2D eigenvalue weighted by molar-refractivity contribution is 7.85. The second-order valence-corrected chi connectivity index (χ2v) is 4.39. The number of hydrogen-bond acceptors (Lipinski definition) is 2. The summed E-state index contributed by atoms with van der Waals surface area (Å²) in [6.45, 7) is 3.65. The van der Waals surface area contributed by atoms with Crippen molar-refractivity contribution in [3.8, 4) is 0 Å². The topological polar surface area (TPSA) is 61.8 Å². The van der Waals surface area contributed by atoms with Crippen molar-refractivity contribution in [1.82, 2.24) is 0 Å². The number of hydrogen-bond donors (Lipinski definition) is 1. The maximum Gasteiger partial charge on any atom is 0.294 e. The summed E-state index contributed by atoms with van der Waals surface area (Å²) in [7, 11) is -3.01. The quantitative estimate of drug-likeness (QED) is 0.606. The van der Waals surface area contributed by atoms with Gasteiger partial charge in [-0.15, -0.1) is 0 Å². The average Bonchev–Trinajstić information content (AvgIpc) is 1.64.